The summed E-state index contributed by atoms with van der Waals surface area (Å²) in [5, 5.41) is 2.61. The highest BCUT2D eigenvalue weighted by Gasteiger charge is 2.14. The highest BCUT2D eigenvalue weighted by atomic mass is 79.9. The molecule has 3 aromatic rings. The Labute approximate surface area is 190 Å². The van der Waals surface area contributed by atoms with E-state index in [9.17, 15) is 9.18 Å². The maximum Gasteiger partial charge on any atom is 0.255 e. The number of rotatable bonds is 7. The van der Waals surface area contributed by atoms with E-state index in [0.717, 1.165) is 28.0 Å². The van der Waals surface area contributed by atoms with Crippen molar-refractivity contribution in [1.82, 2.24) is 0 Å². The van der Waals surface area contributed by atoms with Crippen molar-refractivity contribution < 1.29 is 18.7 Å². The zero-order valence-electron chi connectivity index (χ0n) is 18.0. The summed E-state index contributed by atoms with van der Waals surface area (Å²) in [6, 6.07) is 13.7. The monoisotopic (exact) mass is 485 g/mol. The zero-order valence-corrected chi connectivity index (χ0v) is 19.6. The minimum Gasteiger partial charge on any atom is -0.493 e. The molecule has 0 saturated carbocycles. The first-order chi connectivity index (χ1) is 14.8. The van der Waals surface area contributed by atoms with Gasteiger partial charge in [0.15, 0.2) is 0 Å². The third kappa shape index (κ3) is 5.64. The molecule has 162 valence electrons. The van der Waals surface area contributed by atoms with Crippen LogP contribution >= 0.6 is 15.9 Å². The predicted molar refractivity (Wildman–Crippen MR) is 125 cm³/mol. The Morgan fingerprint density at radius 3 is 2.48 bits per heavy atom. The molecule has 0 spiro atoms. The number of aryl methyl sites for hydroxylation is 2. The van der Waals surface area contributed by atoms with Crippen molar-refractivity contribution >= 4 is 27.5 Å². The molecule has 1 amide bonds. The molecule has 0 aromatic heterocycles. The molecule has 6 heteroatoms. The first-order valence-corrected chi connectivity index (χ1v) is 10.8. The van der Waals surface area contributed by atoms with Crippen molar-refractivity contribution in [3.05, 3.63) is 86.6 Å². The number of anilines is 1. The van der Waals surface area contributed by atoms with Crippen LogP contribution < -0.4 is 14.8 Å². The van der Waals surface area contributed by atoms with Crippen LogP contribution in [0.1, 0.15) is 39.5 Å². The Kier molecular flexibility index (Phi) is 7.33. The van der Waals surface area contributed by atoms with Crippen LogP contribution in [-0.4, -0.2) is 12.5 Å². The van der Waals surface area contributed by atoms with E-state index in [1.165, 1.54) is 12.1 Å². The first kappa shape index (κ1) is 22.8. The molecular weight excluding hydrogens is 461 g/mol. The SMILES string of the molecule is CCOc1ccc(C(=O)Nc2ccc(Br)cc2F)cc1COc1cc(C)cc(C)c1C. The van der Waals surface area contributed by atoms with E-state index in [-0.39, 0.29) is 12.3 Å². The van der Waals surface area contributed by atoms with Crippen molar-refractivity contribution in [3.63, 3.8) is 0 Å². The molecule has 0 fully saturated rings. The Balaban J connectivity index is 1.84. The number of ether oxygens (including phenoxy) is 2. The van der Waals surface area contributed by atoms with Gasteiger partial charge in [-0.25, -0.2) is 4.39 Å². The summed E-state index contributed by atoms with van der Waals surface area (Å²) in [4.78, 5) is 12.7. The first-order valence-electron chi connectivity index (χ1n) is 10.0. The van der Waals surface area contributed by atoms with Gasteiger partial charge in [0, 0.05) is 15.6 Å². The maximum absolute atomic E-state index is 14.1. The molecule has 0 saturated heterocycles. The lowest BCUT2D eigenvalue weighted by Crippen LogP contribution is -2.14. The lowest BCUT2D eigenvalue weighted by Gasteiger charge is -2.16. The molecule has 31 heavy (non-hydrogen) atoms. The van der Waals surface area contributed by atoms with Crippen molar-refractivity contribution in [2.75, 3.05) is 11.9 Å². The molecule has 0 unspecified atom stereocenters. The fourth-order valence-corrected chi connectivity index (χ4v) is 3.55. The van der Waals surface area contributed by atoms with Crippen LogP contribution in [0.2, 0.25) is 0 Å². The molecule has 0 radical (unpaired) electrons. The van der Waals surface area contributed by atoms with Crippen LogP contribution in [0.5, 0.6) is 11.5 Å². The van der Waals surface area contributed by atoms with Gasteiger partial charge in [-0.3, -0.25) is 4.79 Å². The molecule has 0 atom stereocenters. The molecule has 1 N–H and O–H groups in total. The van der Waals surface area contributed by atoms with Crippen LogP contribution in [0.25, 0.3) is 0 Å². The standard InChI is InChI=1S/C25H25BrFNO3/c1-5-30-23-9-6-18(25(29)28-22-8-7-20(26)13-21(22)27)12-19(23)14-31-24-11-15(2)10-16(3)17(24)4/h6-13H,5,14H2,1-4H3,(H,28,29). The average Bonchev–Trinajstić information content (AvgIpc) is 2.72. The van der Waals surface area contributed by atoms with E-state index in [4.69, 9.17) is 9.47 Å². The van der Waals surface area contributed by atoms with Crippen molar-refractivity contribution in [3.8, 4) is 11.5 Å². The molecular formula is C25H25BrFNO3. The second-order valence-electron chi connectivity index (χ2n) is 7.33. The molecule has 0 aliphatic heterocycles. The summed E-state index contributed by atoms with van der Waals surface area (Å²) in [6.45, 7) is 8.72. The summed E-state index contributed by atoms with van der Waals surface area (Å²) in [6.07, 6.45) is 0. The summed E-state index contributed by atoms with van der Waals surface area (Å²) >= 11 is 3.21. The minimum atomic E-state index is -0.512. The highest BCUT2D eigenvalue weighted by molar-refractivity contribution is 9.10. The lowest BCUT2D eigenvalue weighted by atomic mass is 10.1. The van der Waals surface area contributed by atoms with Gasteiger partial charge in [0.25, 0.3) is 5.91 Å². The van der Waals surface area contributed by atoms with E-state index in [1.54, 1.807) is 24.3 Å². The largest absolute Gasteiger partial charge is 0.493 e. The molecule has 0 aliphatic carbocycles. The number of carbonyl (C=O) groups is 1. The third-order valence-corrected chi connectivity index (χ3v) is 5.44. The highest BCUT2D eigenvalue weighted by Crippen LogP contribution is 2.27. The summed E-state index contributed by atoms with van der Waals surface area (Å²) in [5.41, 5.74) is 4.59. The third-order valence-electron chi connectivity index (χ3n) is 4.95. The van der Waals surface area contributed by atoms with Gasteiger partial charge in [-0.1, -0.05) is 22.0 Å². The number of benzene rings is 3. The van der Waals surface area contributed by atoms with Gasteiger partial charge in [0.1, 0.15) is 23.9 Å². The minimum absolute atomic E-state index is 0.116. The maximum atomic E-state index is 14.1. The van der Waals surface area contributed by atoms with Gasteiger partial charge in [0.05, 0.1) is 12.3 Å². The number of nitrogens with one attached hydrogen (secondary N) is 1. The number of hydrogen-bond donors (Lipinski definition) is 1. The number of amides is 1. The molecule has 3 rings (SSSR count). The van der Waals surface area contributed by atoms with Crippen LogP contribution in [-0.2, 0) is 6.61 Å². The Hall–Kier alpha value is -2.86. The number of hydrogen-bond acceptors (Lipinski definition) is 3. The smallest absolute Gasteiger partial charge is 0.255 e. The molecule has 0 aliphatic rings. The van der Waals surface area contributed by atoms with E-state index in [1.807, 2.05) is 33.8 Å². The second-order valence-corrected chi connectivity index (χ2v) is 8.24. The molecule has 0 bridgehead atoms. The number of carbonyl (C=O) groups excluding carboxylic acids is 1. The molecule has 3 aromatic carbocycles. The van der Waals surface area contributed by atoms with Crippen LogP contribution in [0.4, 0.5) is 10.1 Å². The Morgan fingerprint density at radius 2 is 1.77 bits per heavy atom. The van der Waals surface area contributed by atoms with Crippen molar-refractivity contribution in [2.24, 2.45) is 0 Å². The lowest BCUT2D eigenvalue weighted by molar-refractivity contribution is 0.102. The topological polar surface area (TPSA) is 47.6 Å². The Bertz CT molecular complexity index is 1110. The fourth-order valence-electron chi connectivity index (χ4n) is 3.22. The van der Waals surface area contributed by atoms with E-state index >= 15 is 0 Å². The van der Waals surface area contributed by atoms with Gasteiger partial charge in [-0.2, -0.15) is 0 Å². The van der Waals surface area contributed by atoms with E-state index < -0.39 is 11.7 Å². The second kappa shape index (κ2) is 9.96. The van der Waals surface area contributed by atoms with Crippen molar-refractivity contribution in [1.29, 1.82) is 0 Å². The van der Waals surface area contributed by atoms with Gasteiger partial charge >= 0.3 is 0 Å². The van der Waals surface area contributed by atoms with Gasteiger partial charge in [-0.05, 0) is 86.8 Å². The number of halogens is 2. The van der Waals surface area contributed by atoms with Gasteiger partial charge in [-0.15, -0.1) is 0 Å². The van der Waals surface area contributed by atoms with Crippen LogP contribution in [0, 0.1) is 26.6 Å². The van der Waals surface area contributed by atoms with Crippen molar-refractivity contribution in [2.45, 2.75) is 34.3 Å². The van der Waals surface area contributed by atoms with E-state index in [2.05, 4.69) is 27.3 Å². The van der Waals surface area contributed by atoms with Gasteiger partial charge in [0.2, 0.25) is 0 Å². The Morgan fingerprint density at radius 1 is 1.00 bits per heavy atom. The summed E-state index contributed by atoms with van der Waals surface area (Å²) in [7, 11) is 0. The van der Waals surface area contributed by atoms with E-state index in [0.29, 0.717) is 22.4 Å². The normalized spacial score (nSPS) is 10.6. The molecule has 0 heterocycles. The van der Waals surface area contributed by atoms with Gasteiger partial charge < -0.3 is 14.8 Å². The summed E-state index contributed by atoms with van der Waals surface area (Å²) < 4.78 is 26.5. The molecule has 4 nitrogen and oxygen atoms in total. The average molecular weight is 486 g/mol. The quantitative estimate of drug-likeness (QED) is 0.402. The summed E-state index contributed by atoms with van der Waals surface area (Å²) in [5.74, 6) is 0.526. The van der Waals surface area contributed by atoms with Crippen LogP contribution in [0.15, 0.2) is 53.0 Å². The predicted octanol–water partition coefficient (Wildman–Crippen LogP) is 6.74. The fraction of sp³-hybridized carbons (Fsp3) is 0.240. The zero-order chi connectivity index (χ0) is 22.5. The van der Waals surface area contributed by atoms with Crippen LogP contribution in [0.3, 0.4) is 0 Å².